The molecule has 0 saturated heterocycles. The lowest BCUT2D eigenvalue weighted by Crippen LogP contribution is -2.43. The van der Waals surface area contributed by atoms with E-state index in [2.05, 4.69) is 10.3 Å². The molecular weight excluding hydrogens is 332 g/mol. The van der Waals surface area contributed by atoms with Crippen molar-refractivity contribution in [3.63, 3.8) is 0 Å². The molecule has 126 valence electrons. The van der Waals surface area contributed by atoms with Crippen molar-refractivity contribution in [3.8, 4) is 5.88 Å². The quantitative estimate of drug-likeness (QED) is 0.810. The number of pyridine rings is 1. The molecule has 1 aromatic carbocycles. The maximum atomic E-state index is 12.3. The van der Waals surface area contributed by atoms with Crippen LogP contribution < -0.4 is 10.1 Å². The van der Waals surface area contributed by atoms with Crippen LogP contribution in [0.3, 0.4) is 0 Å². The first-order chi connectivity index (χ1) is 11.5. The average molecular weight is 349 g/mol. The molecule has 6 nitrogen and oxygen atoms in total. The van der Waals surface area contributed by atoms with Crippen LogP contribution in [0.5, 0.6) is 5.88 Å². The zero-order valence-corrected chi connectivity index (χ0v) is 14.0. The zero-order valence-electron chi connectivity index (χ0n) is 13.3. The van der Waals surface area contributed by atoms with Crippen molar-refractivity contribution in [3.05, 3.63) is 58.7 Å². The number of nitrogens with one attached hydrogen (secondary N) is 1. The molecule has 0 unspecified atom stereocenters. The number of halogens is 1. The highest BCUT2D eigenvalue weighted by Crippen LogP contribution is 2.12. The van der Waals surface area contributed by atoms with E-state index in [1.54, 1.807) is 42.6 Å². The summed E-state index contributed by atoms with van der Waals surface area (Å²) in [7, 11) is 2.79. The van der Waals surface area contributed by atoms with Crippen molar-refractivity contribution >= 4 is 23.5 Å². The van der Waals surface area contributed by atoms with Crippen LogP contribution in [0.2, 0.25) is 5.02 Å². The summed E-state index contributed by atoms with van der Waals surface area (Å²) in [5.74, 6) is -0.449. The molecule has 1 atom stereocenters. The summed E-state index contributed by atoms with van der Waals surface area (Å²) < 4.78 is 9.76. The fraction of sp³-hybridized carbons (Fsp3) is 0.235. The van der Waals surface area contributed by atoms with Gasteiger partial charge in [-0.05, 0) is 29.8 Å². The number of carbonyl (C=O) groups is 2. The van der Waals surface area contributed by atoms with Crippen molar-refractivity contribution in [2.75, 3.05) is 14.2 Å². The number of hydrogen-bond donors (Lipinski definition) is 1. The van der Waals surface area contributed by atoms with E-state index >= 15 is 0 Å². The lowest BCUT2D eigenvalue weighted by Gasteiger charge is -2.16. The zero-order chi connectivity index (χ0) is 17.5. The molecule has 2 rings (SSSR count). The van der Waals surface area contributed by atoms with E-state index in [0.29, 0.717) is 16.5 Å². The number of esters is 1. The first-order valence-corrected chi connectivity index (χ1v) is 7.54. The topological polar surface area (TPSA) is 77.5 Å². The second kappa shape index (κ2) is 8.31. The van der Waals surface area contributed by atoms with E-state index in [1.807, 2.05) is 0 Å². The van der Waals surface area contributed by atoms with Gasteiger partial charge in [-0.1, -0.05) is 17.7 Å². The standard InChI is InChI=1S/C17H17ClN2O4/c1-23-15-8-3-11(10-19-15)9-14(17(22)24-2)20-16(21)12-4-6-13(18)7-5-12/h3-8,10,14H,9H2,1-2H3,(H,20,21)/t14-/m0/s1. The number of rotatable bonds is 6. The molecule has 24 heavy (non-hydrogen) atoms. The summed E-state index contributed by atoms with van der Waals surface area (Å²) in [6.07, 6.45) is 1.84. The molecule has 0 spiro atoms. The van der Waals surface area contributed by atoms with Gasteiger partial charge in [-0.3, -0.25) is 4.79 Å². The number of benzene rings is 1. The van der Waals surface area contributed by atoms with Gasteiger partial charge in [0.25, 0.3) is 5.91 Å². The minimum atomic E-state index is -0.826. The Hall–Kier alpha value is -2.60. The minimum absolute atomic E-state index is 0.253. The van der Waals surface area contributed by atoms with E-state index in [9.17, 15) is 9.59 Å². The van der Waals surface area contributed by atoms with Crippen LogP contribution in [-0.2, 0) is 16.0 Å². The van der Waals surface area contributed by atoms with E-state index in [-0.39, 0.29) is 12.3 Å². The molecule has 0 radical (unpaired) electrons. The largest absolute Gasteiger partial charge is 0.481 e. The van der Waals surface area contributed by atoms with Gasteiger partial charge in [0.1, 0.15) is 6.04 Å². The summed E-state index contributed by atoms with van der Waals surface area (Å²) in [5.41, 5.74) is 1.17. The van der Waals surface area contributed by atoms with Crippen molar-refractivity contribution in [1.82, 2.24) is 10.3 Å². The Morgan fingerprint density at radius 3 is 2.42 bits per heavy atom. The Balaban J connectivity index is 2.11. The van der Waals surface area contributed by atoms with Gasteiger partial charge in [0.2, 0.25) is 5.88 Å². The molecule has 1 N–H and O–H groups in total. The first-order valence-electron chi connectivity index (χ1n) is 7.16. The average Bonchev–Trinajstić information content (AvgIpc) is 2.61. The van der Waals surface area contributed by atoms with Crippen molar-refractivity contribution in [2.24, 2.45) is 0 Å². The Bertz CT molecular complexity index is 702. The number of hydrogen-bond acceptors (Lipinski definition) is 5. The Morgan fingerprint density at radius 1 is 1.17 bits per heavy atom. The third-order valence-corrected chi connectivity index (χ3v) is 3.60. The van der Waals surface area contributed by atoms with Crippen LogP contribution in [0, 0.1) is 0 Å². The van der Waals surface area contributed by atoms with E-state index < -0.39 is 12.0 Å². The molecular formula is C17H17ClN2O4. The number of aromatic nitrogens is 1. The number of methoxy groups -OCH3 is 2. The van der Waals surface area contributed by atoms with E-state index in [1.165, 1.54) is 14.2 Å². The van der Waals surface area contributed by atoms with Gasteiger partial charge < -0.3 is 14.8 Å². The monoisotopic (exact) mass is 348 g/mol. The third-order valence-electron chi connectivity index (χ3n) is 3.34. The highest BCUT2D eigenvalue weighted by atomic mass is 35.5. The molecule has 7 heteroatoms. The van der Waals surface area contributed by atoms with Crippen LogP contribution in [0.4, 0.5) is 0 Å². The van der Waals surface area contributed by atoms with Crippen molar-refractivity contribution < 1.29 is 19.1 Å². The Morgan fingerprint density at radius 2 is 1.88 bits per heavy atom. The first kappa shape index (κ1) is 17.7. The molecule has 1 amide bonds. The van der Waals surface area contributed by atoms with Crippen molar-refractivity contribution in [2.45, 2.75) is 12.5 Å². The predicted octanol–water partition coefficient (Wildman–Crippen LogP) is 2.26. The number of amides is 1. The van der Waals surface area contributed by atoms with Gasteiger partial charge in [0, 0.05) is 29.3 Å². The summed E-state index contributed by atoms with van der Waals surface area (Å²) in [6, 6.07) is 9.02. The highest BCUT2D eigenvalue weighted by molar-refractivity contribution is 6.30. The van der Waals surface area contributed by atoms with Gasteiger partial charge in [-0.15, -0.1) is 0 Å². The lowest BCUT2D eigenvalue weighted by atomic mass is 10.1. The molecule has 0 aliphatic carbocycles. The third kappa shape index (κ3) is 4.70. The Labute approximate surface area is 144 Å². The second-order valence-electron chi connectivity index (χ2n) is 4.97. The van der Waals surface area contributed by atoms with Gasteiger partial charge >= 0.3 is 5.97 Å². The van der Waals surface area contributed by atoms with Gasteiger partial charge in [-0.25, -0.2) is 9.78 Å². The summed E-state index contributed by atoms with van der Waals surface area (Å²) >= 11 is 5.80. The summed E-state index contributed by atoms with van der Waals surface area (Å²) in [6.45, 7) is 0. The second-order valence-corrected chi connectivity index (χ2v) is 5.41. The van der Waals surface area contributed by atoms with Gasteiger partial charge in [0.15, 0.2) is 0 Å². The highest BCUT2D eigenvalue weighted by Gasteiger charge is 2.22. The maximum Gasteiger partial charge on any atom is 0.328 e. The van der Waals surface area contributed by atoms with Crippen LogP contribution in [0.25, 0.3) is 0 Å². The molecule has 1 heterocycles. The SMILES string of the molecule is COC(=O)[C@H](Cc1ccc(OC)nc1)NC(=O)c1ccc(Cl)cc1. The molecule has 0 bridgehead atoms. The van der Waals surface area contributed by atoms with Gasteiger partial charge in [0.05, 0.1) is 14.2 Å². The molecule has 0 fully saturated rings. The minimum Gasteiger partial charge on any atom is -0.481 e. The van der Waals surface area contributed by atoms with E-state index in [4.69, 9.17) is 21.1 Å². The Kier molecular flexibility index (Phi) is 6.14. The predicted molar refractivity (Wildman–Crippen MR) is 89.2 cm³/mol. The normalized spacial score (nSPS) is 11.5. The fourth-order valence-electron chi connectivity index (χ4n) is 2.07. The number of carbonyl (C=O) groups excluding carboxylic acids is 2. The smallest absolute Gasteiger partial charge is 0.328 e. The summed E-state index contributed by atoms with van der Waals surface area (Å²) in [5, 5.41) is 3.19. The molecule has 2 aromatic rings. The van der Waals surface area contributed by atoms with Crippen LogP contribution in [0.1, 0.15) is 15.9 Å². The van der Waals surface area contributed by atoms with E-state index in [0.717, 1.165) is 5.56 Å². The van der Waals surface area contributed by atoms with Crippen molar-refractivity contribution in [1.29, 1.82) is 0 Å². The summed E-state index contributed by atoms with van der Waals surface area (Å²) in [4.78, 5) is 28.3. The van der Waals surface area contributed by atoms with Crippen LogP contribution in [0.15, 0.2) is 42.6 Å². The molecule has 1 aromatic heterocycles. The lowest BCUT2D eigenvalue weighted by molar-refractivity contribution is -0.142. The van der Waals surface area contributed by atoms with Crippen LogP contribution in [-0.4, -0.2) is 37.1 Å². The molecule has 0 saturated carbocycles. The fourth-order valence-corrected chi connectivity index (χ4v) is 2.19. The number of nitrogens with zero attached hydrogens (tertiary/aromatic N) is 1. The molecule has 0 aliphatic heterocycles. The maximum absolute atomic E-state index is 12.3. The van der Waals surface area contributed by atoms with Crippen LogP contribution >= 0.6 is 11.6 Å². The number of ether oxygens (including phenoxy) is 2. The molecule has 0 aliphatic rings. The van der Waals surface area contributed by atoms with Gasteiger partial charge in [-0.2, -0.15) is 0 Å².